The Morgan fingerprint density at radius 3 is 2.54 bits per heavy atom. The number of aryl methyl sites for hydroxylation is 1. The maximum Gasteiger partial charge on any atom is 0.355 e. The summed E-state index contributed by atoms with van der Waals surface area (Å²) in [4.78, 5) is 77.8. The van der Waals surface area contributed by atoms with Crippen LogP contribution in [-0.4, -0.2) is 91.6 Å². The second-order valence-corrected chi connectivity index (χ2v) is 20.4. The Balaban J connectivity index is 0.709. The van der Waals surface area contributed by atoms with E-state index < -0.39 is 11.9 Å². The Morgan fingerprint density at radius 2 is 1.72 bits per heavy atom. The molecule has 4 N–H and O–H groups in total. The quantitative estimate of drug-likeness (QED) is 0.0907. The summed E-state index contributed by atoms with van der Waals surface area (Å²) < 4.78 is 9.44. The fraction of sp³-hybridized carbons (Fsp3) is 0.333. The molecule has 11 rings (SSSR count). The predicted octanol–water partition coefficient (Wildman–Crippen LogP) is 8.24. The molecule has 1 spiro atoms. The zero-order chi connectivity index (χ0) is 49.0. The molecule has 362 valence electrons. The fourth-order valence-corrected chi connectivity index (χ4v) is 12.0. The van der Waals surface area contributed by atoms with Crippen LogP contribution >= 0.6 is 11.3 Å². The standard InChI is InChI=1S/C54H53N9O7S/c1-31-35(36-15-17-45(57-49(36)52(68)69)63-24-20-32-7-5-9-37(40(32)29-63)50(66)59-53-56-41-10-3-4-12-44(41)71-53)8-6-11-43(31)70-34-19-21-54(28-34)22-25-62(26-23-54)30-47(65)55-33-13-14-38-42(27-33)61(2)60-48(38)39-16-18-46(64)58-51(39)67/h3-15,17,27,34,39H,16,18-26,28-30H2,1-2H3,(H,55,65)(H,68,69)(H,56,59,66)(H,58,64,67)/t34-,39?/m1/s1. The third kappa shape index (κ3) is 9.11. The third-order valence-corrected chi connectivity index (χ3v) is 15.9. The largest absolute Gasteiger partial charge is 0.490 e. The van der Waals surface area contributed by atoms with E-state index in [0.717, 1.165) is 94.3 Å². The van der Waals surface area contributed by atoms with Gasteiger partial charge in [-0.25, -0.2) is 14.8 Å². The molecule has 1 aliphatic carbocycles. The zero-order valence-electron chi connectivity index (χ0n) is 39.5. The van der Waals surface area contributed by atoms with Gasteiger partial charge in [-0.05, 0) is 147 Å². The molecule has 1 unspecified atom stereocenters. The first kappa shape index (κ1) is 45.9. The highest BCUT2D eigenvalue weighted by Crippen LogP contribution is 2.48. The van der Waals surface area contributed by atoms with Crippen LogP contribution in [0.3, 0.4) is 0 Å². The number of hydrogen-bond acceptors (Lipinski definition) is 12. The summed E-state index contributed by atoms with van der Waals surface area (Å²) >= 11 is 1.43. The van der Waals surface area contributed by atoms with Crippen LogP contribution in [-0.2, 0) is 34.4 Å². The maximum atomic E-state index is 13.7. The number of para-hydroxylation sites is 1. The van der Waals surface area contributed by atoms with E-state index in [0.29, 0.717) is 59.4 Å². The number of carbonyl (C=O) groups excluding carboxylic acids is 4. The number of imide groups is 1. The van der Waals surface area contributed by atoms with E-state index in [9.17, 15) is 29.1 Å². The molecule has 2 saturated heterocycles. The summed E-state index contributed by atoms with van der Waals surface area (Å²) in [6, 6.07) is 28.6. The van der Waals surface area contributed by atoms with Crippen LogP contribution in [0.2, 0.25) is 0 Å². The second-order valence-electron chi connectivity index (χ2n) is 19.4. The minimum Gasteiger partial charge on any atom is -0.490 e. The van der Waals surface area contributed by atoms with Gasteiger partial charge >= 0.3 is 5.97 Å². The number of carboxylic acid groups (broad SMARTS) is 1. The van der Waals surface area contributed by atoms with Crippen molar-refractivity contribution in [2.24, 2.45) is 12.5 Å². The van der Waals surface area contributed by atoms with Crippen molar-refractivity contribution in [2.45, 2.75) is 76.9 Å². The van der Waals surface area contributed by atoms with Gasteiger partial charge in [0.2, 0.25) is 17.7 Å². The lowest BCUT2D eigenvalue weighted by Gasteiger charge is -2.39. The monoisotopic (exact) mass is 971 g/mol. The molecule has 1 saturated carbocycles. The molecule has 16 nitrogen and oxygen atoms in total. The Hall–Kier alpha value is -7.50. The average molecular weight is 972 g/mol. The Labute approximate surface area is 413 Å². The van der Waals surface area contributed by atoms with Crippen molar-refractivity contribution < 1.29 is 33.8 Å². The molecule has 17 heteroatoms. The summed E-state index contributed by atoms with van der Waals surface area (Å²) in [5, 5.41) is 25.0. The van der Waals surface area contributed by atoms with Gasteiger partial charge in [-0.3, -0.25) is 39.4 Å². The number of hydrogen-bond donors (Lipinski definition) is 4. The van der Waals surface area contributed by atoms with Crippen LogP contribution < -0.4 is 25.6 Å². The topological polar surface area (TPSA) is 201 Å². The Morgan fingerprint density at radius 1 is 0.887 bits per heavy atom. The van der Waals surface area contributed by atoms with Gasteiger partial charge < -0.3 is 20.1 Å². The van der Waals surface area contributed by atoms with Crippen molar-refractivity contribution in [1.82, 2.24) is 30.0 Å². The number of carboxylic acids is 1. The van der Waals surface area contributed by atoms with Crippen LogP contribution in [0.4, 0.5) is 16.6 Å². The molecule has 71 heavy (non-hydrogen) atoms. The SMILES string of the molecule is Cc1c(O[C@@H]2CCC3(CCN(CC(=O)Nc4ccc5c(C6CCC(=O)NC6=O)nn(C)c5c4)CC3)C2)cccc1-c1ccc(N2CCc3cccc(C(=O)Nc4nc5ccccc5s4)c3C2)nc1C(=O)O. The number of benzene rings is 4. The van der Waals surface area contributed by atoms with Crippen molar-refractivity contribution >= 4 is 78.7 Å². The highest BCUT2D eigenvalue weighted by molar-refractivity contribution is 7.22. The van der Waals surface area contributed by atoms with Crippen LogP contribution in [0.5, 0.6) is 5.75 Å². The van der Waals surface area contributed by atoms with Gasteiger partial charge in [-0.2, -0.15) is 5.10 Å². The van der Waals surface area contributed by atoms with Crippen LogP contribution in [0.25, 0.3) is 32.2 Å². The number of piperidine rings is 2. The number of aromatic carboxylic acids is 1. The minimum atomic E-state index is -1.13. The van der Waals surface area contributed by atoms with Gasteiger partial charge in [0.1, 0.15) is 11.6 Å². The normalized spacial score (nSPS) is 18.9. The molecule has 2 atom stereocenters. The number of thiazole rings is 1. The van der Waals surface area contributed by atoms with Crippen molar-refractivity contribution in [3.05, 3.63) is 125 Å². The molecule has 4 amide bonds. The number of likely N-dealkylation sites (tertiary alicyclic amines) is 1. The van der Waals surface area contributed by atoms with Crippen LogP contribution in [0.15, 0.2) is 91.0 Å². The molecule has 6 heterocycles. The van der Waals surface area contributed by atoms with E-state index >= 15 is 0 Å². The molecule has 3 aliphatic heterocycles. The first-order valence-electron chi connectivity index (χ1n) is 24.2. The fourth-order valence-electron chi connectivity index (χ4n) is 11.2. The van der Waals surface area contributed by atoms with E-state index in [-0.39, 0.29) is 53.8 Å². The Kier molecular flexibility index (Phi) is 12.1. The number of carbonyl (C=O) groups is 5. The molecule has 4 aromatic carbocycles. The number of rotatable bonds is 11. The highest BCUT2D eigenvalue weighted by Gasteiger charge is 2.43. The lowest BCUT2D eigenvalue weighted by atomic mass is 9.77. The zero-order valence-corrected chi connectivity index (χ0v) is 40.3. The number of ether oxygens (including phenoxy) is 1. The van der Waals surface area contributed by atoms with Gasteiger partial charge in [-0.1, -0.05) is 47.7 Å². The van der Waals surface area contributed by atoms with Crippen molar-refractivity contribution in [3.63, 3.8) is 0 Å². The number of nitrogens with zero attached hydrogens (tertiary/aromatic N) is 6. The second kappa shape index (κ2) is 18.7. The number of amides is 4. The summed E-state index contributed by atoms with van der Waals surface area (Å²) in [6.45, 7) is 4.86. The van der Waals surface area contributed by atoms with Crippen LogP contribution in [0, 0.1) is 12.3 Å². The number of fused-ring (bicyclic) bond motifs is 3. The summed E-state index contributed by atoms with van der Waals surface area (Å²) in [7, 11) is 1.81. The maximum absolute atomic E-state index is 13.7. The average Bonchev–Trinajstić information content (AvgIpc) is 4.06. The van der Waals surface area contributed by atoms with E-state index in [2.05, 4.69) is 30.9 Å². The molecule has 4 aliphatic rings. The van der Waals surface area contributed by atoms with E-state index in [1.165, 1.54) is 11.3 Å². The molecule has 0 bridgehead atoms. The van der Waals surface area contributed by atoms with Gasteiger partial charge in [0.05, 0.1) is 40.0 Å². The van der Waals surface area contributed by atoms with Crippen LogP contribution in [0.1, 0.15) is 94.1 Å². The lowest BCUT2D eigenvalue weighted by molar-refractivity contribution is -0.134. The smallest absolute Gasteiger partial charge is 0.355 e. The highest BCUT2D eigenvalue weighted by atomic mass is 32.1. The van der Waals surface area contributed by atoms with E-state index in [1.54, 1.807) is 11.7 Å². The Bertz CT molecular complexity index is 3270. The third-order valence-electron chi connectivity index (χ3n) is 15.0. The number of nitrogens with one attached hydrogen (secondary N) is 3. The van der Waals surface area contributed by atoms with Gasteiger partial charge in [0.15, 0.2) is 10.8 Å². The molecular weight excluding hydrogens is 919 g/mol. The van der Waals surface area contributed by atoms with E-state index in [1.807, 2.05) is 103 Å². The minimum absolute atomic E-state index is 0.00539. The van der Waals surface area contributed by atoms with Gasteiger partial charge in [0, 0.05) is 48.8 Å². The molecule has 7 aromatic rings. The first-order valence-corrected chi connectivity index (χ1v) is 25.0. The lowest BCUT2D eigenvalue weighted by Crippen LogP contribution is -2.42. The number of anilines is 3. The van der Waals surface area contributed by atoms with Gasteiger partial charge in [-0.15, -0.1) is 0 Å². The van der Waals surface area contributed by atoms with Gasteiger partial charge in [0.25, 0.3) is 5.91 Å². The molecule has 3 fully saturated rings. The summed E-state index contributed by atoms with van der Waals surface area (Å²) in [5.41, 5.74) is 7.58. The first-order chi connectivity index (χ1) is 34.4. The van der Waals surface area contributed by atoms with Crippen molar-refractivity contribution in [1.29, 1.82) is 0 Å². The number of pyridine rings is 1. The molecular formula is C54H53N9O7S. The van der Waals surface area contributed by atoms with E-state index in [4.69, 9.17) is 9.72 Å². The van der Waals surface area contributed by atoms with Crippen molar-refractivity contribution in [2.75, 3.05) is 41.7 Å². The summed E-state index contributed by atoms with van der Waals surface area (Å²) in [6.07, 6.45) is 6.14. The summed E-state index contributed by atoms with van der Waals surface area (Å²) in [5.74, 6) is -1.32. The predicted molar refractivity (Wildman–Crippen MR) is 271 cm³/mol. The molecule has 0 radical (unpaired) electrons. The number of aromatic nitrogens is 4. The molecule has 3 aromatic heterocycles. The van der Waals surface area contributed by atoms with Crippen molar-refractivity contribution in [3.8, 4) is 16.9 Å².